The van der Waals surface area contributed by atoms with E-state index >= 15 is 0 Å². The van der Waals surface area contributed by atoms with E-state index in [1.165, 1.54) is 12.4 Å². The summed E-state index contributed by atoms with van der Waals surface area (Å²) in [6, 6.07) is 0. The quantitative estimate of drug-likeness (QED) is 0.597. The van der Waals surface area contributed by atoms with Gasteiger partial charge in [-0.1, -0.05) is 6.92 Å². The van der Waals surface area contributed by atoms with Crippen molar-refractivity contribution in [3.05, 3.63) is 18.2 Å². The molecule has 92 valence electrons. The van der Waals surface area contributed by atoms with Gasteiger partial charge in [-0.3, -0.25) is 5.41 Å². The number of anilines is 1. The molecule has 3 N–H and O–H groups in total. The molecule has 1 fully saturated rings. The molecule has 1 aromatic heterocycles. The highest BCUT2D eigenvalue weighted by Gasteiger charge is 2.33. The first kappa shape index (κ1) is 11.8. The van der Waals surface area contributed by atoms with Crippen LogP contribution in [0.3, 0.4) is 0 Å². The van der Waals surface area contributed by atoms with Crippen molar-refractivity contribution < 1.29 is 4.39 Å². The molecule has 0 unspecified atom stereocenters. The number of piperidine rings is 1. The Bertz CT molecular complexity index is 408. The second-order valence-corrected chi connectivity index (χ2v) is 4.66. The molecule has 5 nitrogen and oxygen atoms in total. The third-order valence-electron chi connectivity index (χ3n) is 3.41. The number of hydrogen-bond donors (Lipinski definition) is 2. The Morgan fingerprint density at radius 3 is 2.41 bits per heavy atom. The number of halogens is 1. The van der Waals surface area contributed by atoms with E-state index in [4.69, 9.17) is 11.1 Å². The van der Waals surface area contributed by atoms with Gasteiger partial charge in [-0.2, -0.15) is 0 Å². The first-order chi connectivity index (χ1) is 8.01. The Morgan fingerprint density at radius 1 is 1.41 bits per heavy atom. The summed E-state index contributed by atoms with van der Waals surface area (Å²) in [5.74, 6) is 0.341. The predicted octanol–water partition coefficient (Wildman–Crippen LogP) is 1.16. The van der Waals surface area contributed by atoms with E-state index in [1.807, 2.05) is 11.8 Å². The van der Waals surface area contributed by atoms with E-state index < -0.39 is 5.82 Å². The monoisotopic (exact) mass is 237 g/mol. The summed E-state index contributed by atoms with van der Waals surface area (Å²) < 4.78 is 12.7. The van der Waals surface area contributed by atoms with Crippen LogP contribution in [0.15, 0.2) is 12.4 Å². The fourth-order valence-electron chi connectivity index (χ4n) is 1.94. The van der Waals surface area contributed by atoms with Gasteiger partial charge in [0, 0.05) is 18.5 Å². The van der Waals surface area contributed by atoms with Gasteiger partial charge in [0.15, 0.2) is 5.82 Å². The van der Waals surface area contributed by atoms with Crippen LogP contribution in [0.25, 0.3) is 0 Å². The van der Waals surface area contributed by atoms with E-state index in [-0.39, 0.29) is 11.3 Å². The van der Waals surface area contributed by atoms with Gasteiger partial charge in [-0.05, 0) is 12.8 Å². The molecule has 0 atom stereocenters. The Labute approximate surface area is 99.4 Å². The second kappa shape index (κ2) is 4.27. The van der Waals surface area contributed by atoms with Gasteiger partial charge in [0.05, 0.1) is 18.2 Å². The second-order valence-electron chi connectivity index (χ2n) is 4.66. The van der Waals surface area contributed by atoms with Crippen LogP contribution >= 0.6 is 0 Å². The van der Waals surface area contributed by atoms with Crippen LogP contribution in [-0.4, -0.2) is 28.9 Å². The Morgan fingerprint density at radius 2 is 1.94 bits per heavy atom. The summed E-state index contributed by atoms with van der Waals surface area (Å²) in [5.41, 5.74) is 5.36. The van der Waals surface area contributed by atoms with Crippen molar-refractivity contribution in [1.82, 2.24) is 9.97 Å². The molecule has 1 aromatic rings. The molecule has 1 aliphatic heterocycles. The molecule has 6 heteroatoms. The van der Waals surface area contributed by atoms with Gasteiger partial charge >= 0.3 is 0 Å². The van der Waals surface area contributed by atoms with E-state index in [1.54, 1.807) is 0 Å². The van der Waals surface area contributed by atoms with Crippen LogP contribution < -0.4 is 10.6 Å². The molecular weight excluding hydrogens is 221 g/mol. The maximum atomic E-state index is 12.7. The summed E-state index contributed by atoms with van der Waals surface area (Å²) in [6.45, 7) is 3.47. The van der Waals surface area contributed by atoms with Crippen molar-refractivity contribution in [1.29, 1.82) is 5.41 Å². The number of aromatic nitrogens is 2. The number of hydrogen-bond acceptors (Lipinski definition) is 4. The minimum Gasteiger partial charge on any atom is -0.387 e. The zero-order chi connectivity index (χ0) is 12.5. The molecule has 1 aliphatic rings. The molecule has 0 bridgehead atoms. The molecule has 0 radical (unpaired) electrons. The molecular formula is C11H16FN5. The number of amidine groups is 1. The number of nitrogens with one attached hydrogen (secondary N) is 1. The summed E-state index contributed by atoms with van der Waals surface area (Å²) in [5, 5.41) is 7.56. The van der Waals surface area contributed by atoms with Crippen LogP contribution in [0.5, 0.6) is 0 Å². The summed E-state index contributed by atoms with van der Waals surface area (Å²) >= 11 is 0. The number of nitrogens with zero attached hydrogens (tertiary/aromatic N) is 3. The van der Waals surface area contributed by atoms with Gasteiger partial charge in [0.25, 0.3) is 0 Å². The highest BCUT2D eigenvalue weighted by molar-refractivity contribution is 5.83. The van der Waals surface area contributed by atoms with Crippen molar-refractivity contribution >= 4 is 11.8 Å². The van der Waals surface area contributed by atoms with E-state index in [0.29, 0.717) is 5.95 Å². The minimum atomic E-state index is -0.431. The van der Waals surface area contributed by atoms with Gasteiger partial charge in [0.2, 0.25) is 5.95 Å². The standard InChI is InChI=1S/C11H16FN5/c1-11(9(13)14)2-4-17(5-3-11)10-15-6-8(12)7-16-10/h6-7H,2-5H2,1H3,(H3,13,14). The minimum absolute atomic E-state index is 0.226. The van der Waals surface area contributed by atoms with Crippen molar-refractivity contribution in [2.45, 2.75) is 19.8 Å². The molecule has 0 saturated carbocycles. The Kier molecular flexibility index (Phi) is 2.95. The SMILES string of the molecule is CC1(C(=N)N)CCN(c2ncc(F)cn2)CC1. The predicted molar refractivity (Wildman–Crippen MR) is 63.5 cm³/mol. The zero-order valence-corrected chi connectivity index (χ0v) is 9.78. The average Bonchev–Trinajstić information content (AvgIpc) is 2.31. The smallest absolute Gasteiger partial charge is 0.225 e. The van der Waals surface area contributed by atoms with Crippen molar-refractivity contribution in [3.63, 3.8) is 0 Å². The zero-order valence-electron chi connectivity index (χ0n) is 9.78. The normalized spacial score (nSPS) is 19.1. The molecule has 0 aromatic carbocycles. The third-order valence-corrected chi connectivity index (χ3v) is 3.41. The maximum absolute atomic E-state index is 12.7. The largest absolute Gasteiger partial charge is 0.387 e. The van der Waals surface area contributed by atoms with Crippen molar-refractivity contribution in [2.75, 3.05) is 18.0 Å². The molecule has 0 amide bonds. The summed E-state index contributed by atoms with van der Waals surface area (Å²) in [6.07, 6.45) is 3.92. The van der Waals surface area contributed by atoms with Crippen LogP contribution in [0.2, 0.25) is 0 Å². The lowest BCUT2D eigenvalue weighted by molar-refractivity contribution is 0.348. The van der Waals surface area contributed by atoms with Crippen molar-refractivity contribution in [3.8, 4) is 0 Å². The lowest BCUT2D eigenvalue weighted by Crippen LogP contribution is -2.45. The van der Waals surface area contributed by atoms with Crippen LogP contribution in [0.1, 0.15) is 19.8 Å². The molecule has 2 heterocycles. The van der Waals surface area contributed by atoms with Crippen LogP contribution in [0, 0.1) is 16.6 Å². The lowest BCUT2D eigenvalue weighted by atomic mass is 9.79. The van der Waals surface area contributed by atoms with E-state index in [2.05, 4.69) is 9.97 Å². The third kappa shape index (κ3) is 2.35. The molecule has 0 aliphatic carbocycles. The van der Waals surface area contributed by atoms with Crippen LogP contribution in [0.4, 0.5) is 10.3 Å². The molecule has 17 heavy (non-hydrogen) atoms. The lowest BCUT2D eigenvalue weighted by Gasteiger charge is -2.38. The molecule has 1 saturated heterocycles. The number of nitrogens with two attached hydrogens (primary N) is 1. The first-order valence-corrected chi connectivity index (χ1v) is 5.58. The van der Waals surface area contributed by atoms with Gasteiger partial charge in [-0.25, -0.2) is 14.4 Å². The highest BCUT2D eigenvalue weighted by Crippen LogP contribution is 2.31. The fourth-order valence-corrected chi connectivity index (χ4v) is 1.94. The Hall–Kier alpha value is -1.72. The summed E-state index contributed by atoms with van der Waals surface area (Å²) in [7, 11) is 0. The average molecular weight is 237 g/mol. The first-order valence-electron chi connectivity index (χ1n) is 5.58. The van der Waals surface area contributed by atoms with Crippen LogP contribution in [-0.2, 0) is 0 Å². The van der Waals surface area contributed by atoms with E-state index in [0.717, 1.165) is 25.9 Å². The topological polar surface area (TPSA) is 78.9 Å². The summed E-state index contributed by atoms with van der Waals surface area (Å²) in [4.78, 5) is 9.89. The Balaban J connectivity index is 2.04. The molecule has 0 spiro atoms. The van der Waals surface area contributed by atoms with Gasteiger partial charge in [0.1, 0.15) is 0 Å². The number of rotatable bonds is 2. The maximum Gasteiger partial charge on any atom is 0.225 e. The highest BCUT2D eigenvalue weighted by atomic mass is 19.1. The van der Waals surface area contributed by atoms with E-state index in [9.17, 15) is 4.39 Å². The molecule has 2 rings (SSSR count). The van der Waals surface area contributed by atoms with Crippen molar-refractivity contribution in [2.24, 2.45) is 11.1 Å². The fraction of sp³-hybridized carbons (Fsp3) is 0.545. The van der Waals surface area contributed by atoms with Gasteiger partial charge in [-0.15, -0.1) is 0 Å². The van der Waals surface area contributed by atoms with Gasteiger partial charge < -0.3 is 10.6 Å².